The topological polar surface area (TPSA) is 80.5 Å². The number of nitro benzene ring substituents is 1. The molecule has 0 fully saturated rings. The molecule has 0 atom stereocenters. The van der Waals surface area contributed by atoms with Gasteiger partial charge in [0.2, 0.25) is 0 Å². The van der Waals surface area contributed by atoms with Crippen molar-refractivity contribution in [3.8, 4) is 0 Å². The Hall–Kier alpha value is -4.32. The van der Waals surface area contributed by atoms with Gasteiger partial charge in [-0.3, -0.25) is 24.6 Å². The summed E-state index contributed by atoms with van der Waals surface area (Å²) in [6, 6.07) is 22.5. The standard InChI is InChI=1S/C25H18N2O4/c1-17(28)20-8-5-9-23(15-20)26-24(19-6-3-2-4-7-19)16-21(25(26)29)14-18-10-12-22(13-11-18)27(30)31/h2-16H,1H3/b21-14+. The highest BCUT2D eigenvalue weighted by molar-refractivity contribution is 6.23. The number of carbonyl (C=O) groups excluding carboxylic acids is 2. The smallest absolute Gasteiger partial charge is 0.269 e. The summed E-state index contributed by atoms with van der Waals surface area (Å²) in [5.41, 5.74) is 3.78. The Balaban J connectivity index is 1.79. The Morgan fingerprint density at radius 1 is 0.968 bits per heavy atom. The predicted octanol–water partition coefficient (Wildman–Crippen LogP) is 5.27. The zero-order chi connectivity index (χ0) is 22.0. The van der Waals surface area contributed by atoms with Crippen LogP contribution >= 0.6 is 0 Å². The van der Waals surface area contributed by atoms with E-state index in [2.05, 4.69) is 0 Å². The number of nitro groups is 1. The van der Waals surface area contributed by atoms with Crippen LogP contribution in [-0.2, 0) is 4.79 Å². The number of carbonyl (C=O) groups is 2. The van der Waals surface area contributed by atoms with Crippen molar-refractivity contribution in [2.45, 2.75) is 6.92 Å². The summed E-state index contributed by atoms with van der Waals surface area (Å²) in [6.07, 6.45) is 3.49. The molecule has 3 aromatic carbocycles. The molecule has 0 N–H and O–H groups in total. The normalized spacial score (nSPS) is 14.6. The monoisotopic (exact) mass is 410 g/mol. The number of rotatable bonds is 5. The first kappa shape index (κ1) is 20.0. The fourth-order valence-corrected chi connectivity index (χ4v) is 3.43. The molecular formula is C25H18N2O4. The van der Waals surface area contributed by atoms with Gasteiger partial charge < -0.3 is 0 Å². The van der Waals surface area contributed by atoms with Gasteiger partial charge in [-0.25, -0.2) is 0 Å². The molecule has 0 saturated heterocycles. The number of nitrogens with zero attached hydrogens (tertiary/aromatic N) is 2. The number of amides is 1. The van der Waals surface area contributed by atoms with E-state index in [1.165, 1.54) is 19.1 Å². The van der Waals surface area contributed by atoms with Gasteiger partial charge in [-0.15, -0.1) is 0 Å². The fourth-order valence-electron chi connectivity index (χ4n) is 3.43. The molecule has 0 spiro atoms. The van der Waals surface area contributed by atoms with E-state index in [4.69, 9.17) is 0 Å². The summed E-state index contributed by atoms with van der Waals surface area (Å²) in [5, 5.41) is 10.9. The van der Waals surface area contributed by atoms with Crippen LogP contribution < -0.4 is 4.90 Å². The van der Waals surface area contributed by atoms with Crippen LogP contribution in [0, 0.1) is 10.1 Å². The number of non-ortho nitro benzene ring substituents is 1. The highest BCUT2D eigenvalue weighted by Crippen LogP contribution is 2.35. The Labute approximate surface area is 178 Å². The van der Waals surface area contributed by atoms with E-state index in [9.17, 15) is 19.7 Å². The van der Waals surface area contributed by atoms with Crippen molar-refractivity contribution in [3.05, 3.63) is 117 Å². The van der Waals surface area contributed by atoms with Gasteiger partial charge in [0.05, 0.1) is 10.6 Å². The summed E-state index contributed by atoms with van der Waals surface area (Å²) in [6.45, 7) is 1.48. The zero-order valence-corrected chi connectivity index (χ0v) is 16.7. The second-order valence-corrected chi connectivity index (χ2v) is 7.09. The van der Waals surface area contributed by atoms with Crippen molar-refractivity contribution in [2.75, 3.05) is 4.90 Å². The zero-order valence-electron chi connectivity index (χ0n) is 16.7. The van der Waals surface area contributed by atoms with E-state index in [0.717, 1.165) is 5.56 Å². The first-order valence-electron chi connectivity index (χ1n) is 9.63. The maximum Gasteiger partial charge on any atom is 0.269 e. The molecule has 6 heteroatoms. The molecular weight excluding hydrogens is 392 g/mol. The van der Waals surface area contributed by atoms with E-state index >= 15 is 0 Å². The third-order valence-electron chi connectivity index (χ3n) is 4.99. The predicted molar refractivity (Wildman–Crippen MR) is 119 cm³/mol. The number of hydrogen-bond acceptors (Lipinski definition) is 4. The molecule has 4 rings (SSSR count). The molecule has 0 aliphatic carbocycles. The maximum atomic E-state index is 13.4. The summed E-state index contributed by atoms with van der Waals surface area (Å²) < 4.78 is 0. The third kappa shape index (κ3) is 4.04. The molecule has 0 bridgehead atoms. The minimum absolute atomic E-state index is 0.0110. The van der Waals surface area contributed by atoms with Gasteiger partial charge in [0.15, 0.2) is 5.78 Å². The van der Waals surface area contributed by atoms with Gasteiger partial charge in [0.25, 0.3) is 11.6 Å². The number of ketones is 1. The van der Waals surface area contributed by atoms with Crippen LogP contribution in [0.1, 0.15) is 28.4 Å². The van der Waals surface area contributed by atoms with Gasteiger partial charge in [-0.2, -0.15) is 0 Å². The van der Waals surface area contributed by atoms with Crippen LogP contribution in [0.3, 0.4) is 0 Å². The Kier molecular flexibility index (Phi) is 5.28. The van der Waals surface area contributed by atoms with Crippen molar-refractivity contribution >= 4 is 34.8 Å². The maximum absolute atomic E-state index is 13.4. The molecule has 6 nitrogen and oxygen atoms in total. The Morgan fingerprint density at radius 3 is 2.32 bits per heavy atom. The minimum Gasteiger partial charge on any atom is -0.295 e. The van der Waals surface area contributed by atoms with Crippen LogP contribution in [0.25, 0.3) is 11.8 Å². The van der Waals surface area contributed by atoms with E-state index in [-0.39, 0.29) is 17.4 Å². The third-order valence-corrected chi connectivity index (χ3v) is 4.99. The highest BCUT2D eigenvalue weighted by atomic mass is 16.6. The van der Waals surface area contributed by atoms with E-state index in [0.29, 0.717) is 28.1 Å². The molecule has 0 radical (unpaired) electrons. The Bertz CT molecular complexity index is 1240. The van der Waals surface area contributed by atoms with Crippen molar-refractivity contribution in [1.82, 2.24) is 0 Å². The molecule has 1 heterocycles. The fraction of sp³-hybridized carbons (Fsp3) is 0.0400. The van der Waals surface area contributed by atoms with Crippen LogP contribution in [0.4, 0.5) is 11.4 Å². The lowest BCUT2D eigenvalue weighted by atomic mass is 10.1. The van der Waals surface area contributed by atoms with Crippen LogP contribution in [0.15, 0.2) is 90.5 Å². The molecule has 0 unspecified atom stereocenters. The van der Waals surface area contributed by atoms with Gasteiger partial charge >= 0.3 is 0 Å². The minimum atomic E-state index is -0.463. The number of anilines is 1. The quantitative estimate of drug-likeness (QED) is 0.248. The Morgan fingerprint density at radius 2 is 1.68 bits per heavy atom. The van der Waals surface area contributed by atoms with E-state index in [1.54, 1.807) is 53.5 Å². The van der Waals surface area contributed by atoms with Crippen molar-refractivity contribution in [1.29, 1.82) is 0 Å². The van der Waals surface area contributed by atoms with Gasteiger partial charge in [0.1, 0.15) is 0 Å². The van der Waals surface area contributed by atoms with E-state index < -0.39 is 4.92 Å². The summed E-state index contributed by atoms with van der Waals surface area (Å²) in [7, 11) is 0. The number of benzene rings is 3. The molecule has 1 amide bonds. The molecule has 1 aliphatic heterocycles. The molecule has 152 valence electrons. The van der Waals surface area contributed by atoms with E-state index in [1.807, 2.05) is 30.3 Å². The number of Topliss-reactive ketones (excluding diaryl/α,β-unsaturated/α-hetero) is 1. The van der Waals surface area contributed by atoms with Crippen molar-refractivity contribution < 1.29 is 14.5 Å². The molecule has 31 heavy (non-hydrogen) atoms. The van der Waals surface area contributed by atoms with Crippen molar-refractivity contribution in [3.63, 3.8) is 0 Å². The lowest BCUT2D eigenvalue weighted by Gasteiger charge is -2.21. The molecule has 3 aromatic rings. The lowest BCUT2D eigenvalue weighted by Crippen LogP contribution is -2.25. The average molecular weight is 410 g/mol. The largest absolute Gasteiger partial charge is 0.295 e. The van der Waals surface area contributed by atoms with Crippen molar-refractivity contribution in [2.24, 2.45) is 0 Å². The van der Waals surface area contributed by atoms with Crippen LogP contribution in [0.2, 0.25) is 0 Å². The first-order valence-corrected chi connectivity index (χ1v) is 9.63. The second kappa shape index (κ2) is 8.20. The lowest BCUT2D eigenvalue weighted by molar-refractivity contribution is -0.384. The summed E-state index contributed by atoms with van der Waals surface area (Å²) >= 11 is 0. The summed E-state index contributed by atoms with van der Waals surface area (Å²) in [5.74, 6) is -0.321. The van der Waals surface area contributed by atoms with Gasteiger partial charge in [0, 0.05) is 29.0 Å². The first-order chi connectivity index (χ1) is 14.9. The number of hydrogen-bond donors (Lipinski definition) is 0. The second-order valence-electron chi connectivity index (χ2n) is 7.09. The SMILES string of the molecule is CC(=O)c1cccc(N2C(=O)/C(=C/c3ccc([N+](=O)[O-])cc3)C=C2c2ccccc2)c1. The summed E-state index contributed by atoms with van der Waals surface area (Å²) in [4.78, 5) is 37.2. The van der Waals surface area contributed by atoms with Crippen LogP contribution in [-0.4, -0.2) is 16.6 Å². The molecule has 0 saturated carbocycles. The molecule has 1 aliphatic rings. The molecule has 0 aromatic heterocycles. The van der Waals surface area contributed by atoms with Gasteiger partial charge in [-0.05, 0) is 54.5 Å². The average Bonchev–Trinajstić information content (AvgIpc) is 3.10. The highest BCUT2D eigenvalue weighted by Gasteiger charge is 2.30. The van der Waals surface area contributed by atoms with Gasteiger partial charge in [-0.1, -0.05) is 42.5 Å². The van der Waals surface area contributed by atoms with Crippen LogP contribution in [0.5, 0.6) is 0 Å².